The number of unbranched alkanes of at least 4 members (excludes halogenated alkanes) is 41. The molecule has 0 aliphatic carbocycles. The first kappa shape index (κ1) is 71.4. The molecule has 74 heavy (non-hydrogen) atoms. The van der Waals surface area contributed by atoms with Gasteiger partial charge in [-0.3, -0.25) is 14.4 Å². The van der Waals surface area contributed by atoms with Gasteiger partial charge in [0.15, 0.2) is 6.10 Å². The molecule has 0 fully saturated rings. The standard InChI is InChI=1S/C68H124O6/c1-4-7-10-13-16-19-22-25-28-29-30-31-32-33-34-35-36-37-38-39-41-43-46-49-52-55-58-61-67(70)73-64-65(63-72-66(69)60-57-54-51-48-45-42-27-24-21-18-15-12-9-6-3)74-68(71)62-59-56-53-50-47-44-40-26-23-20-17-14-11-8-5-2/h15,18,24,26-27,29-30,40,65H,4-14,16-17,19-23,25,28,31-39,41-64H2,1-3H3/b18-15-,27-24-,30-29-,40-26-. The van der Waals surface area contributed by atoms with Gasteiger partial charge in [-0.1, -0.05) is 281 Å². The molecular weight excluding hydrogens is 913 g/mol. The number of hydrogen-bond donors (Lipinski definition) is 0. The van der Waals surface area contributed by atoms with Crippen molar-refractivity contribution in [3.8, 4) is 0 Å². The van der Waals surface area contributed by atoms with Crippen LogP contribution < -0.4 is 0 Å². The van der Waals surface area contributed by atoms with E-state index in [2.05, 4.69) is 69.4 Å². The largest absolute Gasteiger partial charge is 0.462 e. The summed E-state index contributed by atoms with van der Waals surface area (Å²) in [5.41, 5.74) is 0. The van der Waals surface area contributed by atoms with Gasteiger partial charge >= 0.3 is 17.9 Å². The summed E-state index contributed by atoms with van der Waals surface area (Å²) < 4.78 is 16.9. The van der Waals surface area contributed by atoms with Crippen LogP contribution in [-0.2, 0) is 28.6 Å². The normalized spacial score (nSPS) is 12.3. The van der Waals surface area contributed by atoms with Gasteiger partial charge in [0.2, 0.25) is 0 Å². The summed E-state index contributed by atoms with van der Waals surface area (Å²) in [5.74, 6) is -0.883. The van der Waals surface area contributed by atoms with E-state index < -0.39 is 6.10 Å². The molecule has 0 aromatic carbocycles. The molecule has 0 amide bonds. The van der Waals surface area contributed by atoms with Crippen molar-refractivity contribution in [1.82, 2.24) is 0 Å². The van der Waals surface area contributed by atoms with Gasteiger partial charge in [-0.05, 0) is 96.3 Å². The number of rotatable bonds is 60. The van der Waals surface area contributed by atoms with E-state index in [0.717, 1.165) is 89.9 Å². The topological polar surface area (TPSA) is 78.9 Å². The molecule has 0 bridgehead atoms. The van der Waals surface area contributed by atoms with Crippen LogP contribution in [-0.4, -0.2) is 37.2 Å². The van der Waals surface area contributed by atoms with E-state index >= 15 is 0 Å². The predicted octanol–water partition coefficient (Wildman–Crippen LogP) is 22.2. The van der Waals surface area contributed by atoms with Gasteiger partial charge in [0.25, 0.3) is 0 Å². The van der Waals surface area contributed by atoms with Gasteiger partial charge in [0.1, 0.15) is 13.2 Å². The molecule has 0 rings (SSSR count). The first-order valence-electron chi connectivity index (χ1n) is 32.6. The maximum absolute atomic E-state index is 12.9. The van der Waals surface area contributed by atoms with Crippen LogP contribution in [0.5, 0.6) is 0 Å². The third kappa shape index (κ3) is 60.2. The summed E-state index contributed by atoms with van der Waals surface area (Å²) in [6.07, 6.45) is 78.4. The first-order chi connectivity index (χ1) is 36.5. The molecule has 0 aromatic rings. The highest BCUT2D eigenvalue weighted by Crippen LogP contribution is 2.17. The van der Waals surface area contributed by atoms with Crippen molar-refractivity contribution in [3.63, 3.8) is 0 Å². The smallest absolute Gasteiger partial charge is 0.306 e. The Morgan fingerprint density at radius 2 is 0.500 bits per heavy atom. The summed E-state index contributed by atoms with van der Waals surface area (Å²) in [6, 6.07) is 0. The van der Waals surface area contributed by atoms with E-state index in [0.29, 0.717) is 19.3 Å². The monoisotopic (exact) mass is 1040 g/mol. The molecular formula is C68H124O6. The summed E-state index contributed by atoms with van der Waals surface area (Å²) >= 11 is 0. The fraction of sp³-hybridized carbons (Fsp3) is 0.838. The predicted molar refractivity (Wildman–Crippen MR) is 321 cm³/mol. The lowest BCUT2D eigenvalue weighted by atomic mass is 10.0. The molecule has 0 aliphatic heterocycles. The van der Waals surface area contributed by atoms with E-state index in [1.54, 1.807) is 0 Å². The molecule has 1 atom stereocenters. The van der Waals surface area contributed by atoms with Crippen molar-refractivity contribution < 1.29 is 28.6 Å². The van der Waals surface area contributed by atoms with Gasteiger partial charge in [0, 0.05) is 19.3 Å². The van der Waals surface area contributed by atoms with Crippen molar-refractivity contribution in [2.24, 2.45) is 0 Å². The molecule has 0 radical (unpaired) electrons. The lowest BCUT2D eigenvalue weighted by Gasteiger charge is -2.18. The molecule has 6 heteroatoms. The number of carbonyl (C=O) groups is 3. The minimum atomic E-state index is -0.782. The summed E-state index contributed by atoms with van der Waals surface area (Å²) in [6.45, 7) is 6.62. The Labute approximate surface area is 460 Å². The highest BCUT2D eigenvalue weighted by Gasteiger charge is 2.19. The average molecular weight is 1040 g/mol. The first-order valence-corrected chi connectivity index (χ1v) is 32.6. The van der Waals surface area contributed by atoms with Crippen molar-refractivity contribution in [2.45, 2.75) is 354 Å². The Morgan fingerprint density at radius 1 is 0.270 bits per heavy atom. The van der Waals surface area contributed by atoms with Crippen LogP contribution in [0.15, 0.2) is 48.6 Å². The number of esters is 3. The van der Waals surface area contributed by atoms with Crippen LogP contribution in [0.1, 0.15) is 348 Å². The number of ether oxygens (including phenoxy) is 3. The Hall–Kier alpha value is -2.63. The summed E-state index contributed by atoms with van der Waals surface area (Å²) in [4.78, 5) is 38.3. The number of hydrogen-bond acceptors (Lipinski definition) is 6. The zero-order chi connectivity index (χ0) is 53.6. The molecule has 6 nitrogen and oxygen atoms in total. The maximum atomic E-state index is 12.9. The van der Waals surface area contributed by atoms with Gasteiger partial charge in [-0.25, -0.2) is 0 Å². The van der Waals surface area contributed by atoms with Crippen LogP contribution in [0.4, 0.5) is 0 Å². The van der Waals surface area contributed by atoms with Crippen LogP contribution >= 0.6 is 0 Å². The molecule has 1 unspecified atom stereocenters. The summed E-state index contributed by atoms with van der Waals surface area (Å²) in [7, 11) is 0. The van der Waals surface area contributed by atoms with E-state index in [-0.39, 0.29) is 31.1 Å². The third-order valence-corrected chi connectivity index (χ3v) is 14.5. The SMILES string of the molecule is CCCC/C=C\C/C=C\CCCCCCCC(=O)OCC(COC(=O)CCCCCCCCCCCCCCCCC/C=C\CCCCCCCCCC)OC(=O)CCCCCCC/C=C\CCCCCCCC. The van der Waals surface area contributed by atoms with Crippen molar-refractivity contribution in [2.75, 3.05) is 13.2 Å². The lowest BCUT2D eigenvalue weighted by molar-refractivity contribution is -0.167. The fourth-order valence-electron chi connectivity index (χ4n) is 9.57. The minimum Gasteiger partial charge on any atom is -0.462 e. The van der Waals surface area contributed by atoms with Crippen molar-refractivity contribution in [1.29, 1.82) is 0 Å². The zero-order valence-electron chi connectivity index (χ0n) is 49.6. The zero-order valence-corrected chi connectivity index (χ0v) is 49.6. The molecule has 0 saturated carbocycles. The second kappa shape index (κ2) is 62.9. The maximum Gasteiger partial charge on any atom is 0.306 e. The summed E-state index contributed by atoms with van der Waals surface area (Å²) in [5, 5.41) is 0. The van der Waals surface area contributed by atoms with Gasteiger partial charge in [-0.15, -0.1) is 0 Å². The Balaban J connectivity index is 4.23. The fourth-order valence-corrected chi connectivity index (χ4v) is 9.57. The quantitative estimate of drug-likeness (QED) is 0.0261. The van der Waals surface area contributed by atoms with Crippen LogP contribution in [0.25, 0.3) is 0 Å². The van der Waals surface area contributed by atoms with E-state index in [1.165, 1.54) is 218 Å². The Morgan fingerprint density at radius 3 is 0.797 bits per heavy atom. The van der Waals surface area contributed by atoms with Crippen molar-refractivity contribution in [3.05, 3.63) is 48.6 Å². The number of carbonyl (C=O) groups excluding carboxylic acids is 3. The Kier molecular flexibility index (Phi) is 60.7. The van der Waals surface area contributed by atoms with Crippen LogP contribution in [0.3, 0.4) is 0 Å². The molecule has 0 heterocycles. The van der Waals surface area contributed by atoms with Gasteiger partial charge in [0.05, 0.1) is 0 Å². The lowest BCUT2D eigenvalue weighted by Crippen LogP contribution is -2.30. The number of allylic oxidation sites excluding steroid dienone is 8. The van der Waals surface area contributed by atoms with Crippen LogP contribution in [0, 0.1) is 0 Å². The second-order valence-corrected chi connectivity index (χ2v) is 22.0. The molecule has 0 spiro atoms. The molecule has 0 saturated heterocycles. The highest BCUT2D eigenvalue weighted by molar-refractivity contribution is 5.71. The minimum absolute atomic E-state index is 0.0782. The second-order valence-electron chi connectivity index (χ2n) is 22.0. The third-order valence-electron chi connectivity index (χ3n) is 14.5. The highest BCUT2D eigenvalue weighted by atomic mass is 16.6. The van der Waals surface area contributed by atoms with E-state index in [9.17, 15) is 14.4 Å². The van der Waals surface area contributed by atoms with Gasteiger partial charge in [-0.2, -0.15) is 0 Å². The van der Waals surface area contributed by atoms with Crippen molar-refractivity contribution >= 4 is 17.9 Å². The Bertz CT molecular complexity index is 1280. The van der Waals surface area contributed by atoms with Gasteiger partial charge < -0.3 is 14.2 Å². The molecule has 432 valence electrons. The molecule has 0 aromatic heterocycles. The van der Waals surface area contributed by atoms with E-state index in [4.69, 9.17) is 14.2 Å². The average Bonchev–Trinajstić information content (AvgIpc) is 3.40. The molecule has 0 aliphatic rings. The molecule has 0 N–H and O–H groups in total. The van der Waals surface area contributed by atoms with Crippen LogP contribution in [0.2, 0.25) is 0 Å². The van der Waals surface area contributed by atoms with E-state index in [1.807, 2.05) is 0 Å².